The van der Waals surface area contributed by atoms with Crippen molar-refractivity contribution in [3.63, 3.8) is 0 Å². The van der Waals surface area contributed by atoms with E-state index in [4.69, 9.17) is 21.7 Å². The normalized spacial score (nSPS) is 9.24. The van der Waals surface area contributed by atoms with Crippen LogP contribution < -0.4 is 11.5 Å². The van der Waals surface area contributed by atoms with Gasteiger partial charge in [-0.05, 0) is 42.8 Å². The summed E-state index contributed by atoms with van der Waals surface area (Å²) < 4.78 is 0. The molecule has 2 aromatic rings. The van der Waals surface area contributed by atoms with Crippen LogP contribution in [0.1, 0.15) is 5.56 Å². The fraction of sp³-hybridized carbons (Fsp3) is 0.0769. The summed E-state index contributed by atoms with van der Waals surface area (Å²) in [5.41, 5.74) is 13.0. The van der Waals surface area contributed by atoms with E-state index in [0.29, 0.717) is 11.4 Å². The number of phenols is 2. The van der Waals surface area contributed by atoms with Crippen molar-refractivity contribution in [3.05, 3.63) is 48.0 Å². The van der Waals surface area contributed by atoms with Gasteiger partial charge in [0.15, 0.2) is 0 Å². The number of hydrogen-bond donors (Lipinski definition) is 4. The molecule has 4 heteroatoms. The van der Waals surface area contributed by atoms with Crippen molar-refractivity contribution in [1.29, 1.82) is 0 Å². The second-order valence-electron chi connectivity index (χ2n) is 3.64. The first-order valence-electron chi connectivity index (χ1n) is 5.08. The maximum Gasteiger partial charge on any atom is 0.117 e. The smallest absolute Gasteiger partial charge is 0.117 e. The van der Waals surface area contributed by atoms with E-state index in [2.05, 4.69) is 0 Å². The predicted octanol–water partition coefficient (Wildman–Crippen LogP) is 2.26. The van der Waals surface area contributed by atoms with Gasteiger partial charge in [-0.3, -0.25) is 0 Å². The third kappa shape index (κ3) is 4.34. The maximum atomic E-state index is 8.88. The second-order valence-corrected chi connectivity index (χ2v) is 3.64. The average Bonchev–Trinajstić information content (AvgIpc) is 2.24. The molecule has 0 bridgehead atoms. The molecule has 0 aliphatic carbocycles. The van der Waals surface area contributed by atoms with Crippen LogP contribution in [-0.2, 0) is 0 Å². The third-order valence-corrected chi connectivity index (χ3v) is 2.12. The Bertz CT molecular complexity index is 481. The molecule has 0 saturated heterocycles. The second kappa shape index (κ2) is 5.65. The highest BCUT2D eigenvalue weighted by molar-refractivity contribution is 5.49. The largest absolute Gasteiger partial charge is 0.508 e. The van der Waals surface area contributed by atoms with Crippen LogP contribution in [-0.4, -0.2) is 10.2 Å². The van der Waals surface area contributed by atoms with Crippen LogP contribution in [0, 0.1) is 6.92 Å². The summed E-state index contributed by atoms with van der Waals surface area (Å²) in [6.07, 6.45) is 0. The molecular weight excluding hydrogens is 216 g/mol. The molecule has 2 aromatic carbocycles. The lowest BCUT2D eigenvalue weighted by atomic mass is 10.2. The summed E-state index contributed by atoms with van der Waals surface area (Å²) in [5, 5.41) is 17.6. The van der Waals surface area contributed by atoms with Gasteiger partial charge in [-0.1, -0.05) is 6.07 Å². The molecule has 0 heterocycles. The number of anilines is 2. The summed E-state index contributed by atoms with van der Waals surface area (Å²) in [4.78, 5) is 0. The molecule has 0 aliphatic heterocycles. The highest BCUT2D eigenvalue weighted by Gasteiger charge is 1.91. The Kier molecular flexibility index (Phi) is 4.22. The fourth-order valence-electron chi connectivity index (χ4n) is 1.18. The van der Waals surface area contributed by atoms with E-state index < -0.39 is 0 Å². The zero-order chi connectivity index (χ0) is 12.8. The average molecular weight is 232 g/mol. The number of nitrogen functional groups attached to an aromatic ring is 2. The van der Waals surface area contributed by atoms with Crippen molar-refractivity contribution >= 4 is 11.4 Å². The lowest BCUT2D eigenvalue weighted by Gasteiger charge is -1.97. The SMILES string of the molecule is Cc1cc(O)ccc1N.Nc1cccc(O)c1. The Morgan fingerprint density at radius 2 is 1.53 bits per heavy atom. The first-order valence-corrected chi connectivity index (χ1v) is 5.08. The molecule has 4 nitrogen and oxygen atoms in total. The minimum absolute atomic E-state index is 0.213. The molecule has 0 atom stereocenters. The van der Waals surface area contributed by atoms with E-state index in [1.807, 2.05) is 6.92 Å². The van der Waals surface area contributed by atoms with Crippen LogP contribution in [0.2, 0.25) is 0 Å². The number of rotatable bonds is 0. The van der Waals surface area contributed by atoms with Gasteiger partial charge in [-0.25, -0.2) is 0 Å². The zero-order valence-electron chi connectivity index (χ0n) is 9.59. The molecule has 0 aliphatic rings. The van der Waals surface area contributed by atoms with Crippen LogP contribution in [0.15, 0.2) is 42.5 Å². The summed E-state index contributed by atoms with van der Waals surface area (Å²) in [7, 11) is 0. The molecule has 2 rings (SSSR count). The van der Waals surface area contributed by atoms with Crippen LogP contribution in [0.5, 0.6) is 11.5 Å². The maximum absolute atomic E-state index is 8.88. The molecule has 6 N–H and O–H groups in total. The van der Waals surface area contributed by atoms with Crippen molar-refractivity contribution in [1.82, 2.24) is 0 Å². The lowest BCUT2D eigenvalue weighted by Crippen LogP contribution is -1.86. The van der Waals surface area contributed by atoms with Gasteiger partial charge in [0.25, 0.3) is 0 Å². The van der Waals surface area contributed by atoms with Crippen molar-refractivity contribution in [2.45, 2.75) is 6.92 Å². The fourth-order valence-corrected chi connectivity index (χ4v) is 1.18. The van der Waals surface area contributed by atoms with Crippen molar-refractivity contribution in [2.75, 3.05) is 11.5 Å². The van der Waals surface area contributed by atoms with Crippen molar-refractivity contribution in [2.24, 2.45) is 0 Å². The number of hydrogen-bond acceptors (Lipinski definition) is 4. The predicted molar refractivity (Wildman–Crippen MR) is 69.8 cm³/mol. The molecular formula is C13H16N2O2. The van der Waals surface area contributed by atoms with Gasteiger partial charge in [-0.15, -0.1) is 0 Å². The quantitative estimate of drug-likeness (QED) is 0.414. The van der Waals surface area contributed by atoms with Gasteiger partial charge in [0, 0.05) is 17.4 Å². The third-order valence-electron chi connectivity index (χ3n) is 2.12. The van der Waals surface area contributed by atoms with Crippen molar-refractivity contribution < 1.29 is 10.2 Å². The van der Waals surface area contributed by atoms with Gasteiger partial charge >= 0.3 is 0 Å². The Labute approximate surface area is 100 Å². The molecule has 0 fully saturated rings. The Balaban J connectivity index is 0.000000171. The topological polar surface area (TPSA) is 92.5 Å². The Hall–Kier alpha value is -2.36. The monoisotopic (exact) mass is 232 g/mol. The molecule has 0 spiro atoms. The van der Waals surface area contributed by atoms with Crippen LogP contribution in [0.3, 0.4) is 0 Å². The summed E-state index contributed by atoms with van der Waals surface area (Å²) >= 11 is 0. The molecule has 90 valence electrons. The van der Waals surface area contributed by atoms with E-state index in [-0.39, 0.29) is 11.5 Å². The van der Waals surface area contributed by atoms with E-state index >= 15 is 0 Å². The highest BCUT2D eigenvalue weighted by atomic mass is 16.3. The number of benzene rings is 2. The molecule has 0 aromatic heterocycles. The number of aromatic hydroxyl groups is 2. The first-order chi connectivity index (χ1) is 7.99. The van der Waals surface area contributed by atoms with Crippen LogP contribution in [0.25, 0.3) is 0 Å². The molecule has 0 amide bonds. The Morgan fingerprint density at radius 1 is 0.882 bits per heavy atom. The van der Waals surface area contributed by atoms with E-state index in [9.17, 15) is 0 Å². The summed E-state index contributed by atoms with van der Waals surface area (Å²) in [6, 6.07) is 11.4. The highest BCUT2D eigenvalue weighted by Crippen LogP contribution is 2.16. The van der Waals surface area contributed by atoms with Gasteiger partial charge < -0.3 is 21.7 Å². The van der Waals surface area contributed by atoms with Crippen LogP contribution >= 0.6 is 0 Å². The Morgan fingerprint density at radius 3 is 1.94 bits per heavy atom. The van der Waals surface area contributed by atoms with Crippen LogP contribution in [0.4, 0.5) is 11.4 Å². The van der Waals surface area contributed by atoms with E-state index in [1.165, 1.54) is 6.07 Å². The summed E-state index contributed by atoms with van der Waals surface area (Å²) in [6.45, 7) is 1.86. The number of phenolic OH excluding ortho intramolecular Hbond substituents is 2. The molecule has 17 heavy (non-hydrogen) atoms. The van der Waals surface area contributed by atoms with Crippen molar-refractivity contribution in [3.8, 4) is 11.5 Å². The molecule has 0 unspecified atom stereocenters. The molecule has 0 radical (unpaired) electrons. The number of aryl methyl sites for hydroxylation is 1. The number of nitrogens with two attached hydrogens (primary N) is 2. The summed E-state index contributed by atoms with van der Waals surface area (Å²) in [5.74, 6) is 0.478. The standard InChI is InChI=1S/C7H9NO.C6H7NO/c1-5-4-6(9)2-3-7(5)8;7-5-2-1-3-6(8)4-5/h2-4,9H,8H2,1H3;1-4,8H,7H2. The zero-order valence-corrected chi connectivity index (χ0v) is 9.59. The molecule has 0 saturated carbocycles. The van der Waals surface area contributed by atoms with E-state index in [0.717, 1.165) is 5.56 Å². The minimum Gasteiger partial charge on any atom is -0.508 e. The van der Waals surface area contributed by atoms with Gasteiger partial charge in [0.1, 0.15) is 11.5 Å². The van der Waals surface area contributed by atoms with Gasteiger partial charge in [0.05, 0.1) is 0 Å². The van der Waals surface area contributed by atoms with E-state index in [1.54, 1.807) is 36.4 Å². The van der Waals surface area contributed by atoms with Gasteiger partial charge in [-0.2, -0.15) is 0 Å². The lowest BCUT2D eigenvalue weighted by molar-refractivity contribution is 0.474. The minimum atomic E-state index is 0.213. The first kappa shape index (κ1) is 12.7. The van der Waals surface area contributed by atoms with Gasteiger partial charge in [0.2, 0.25) is 0 Å².